The highest BCUT2D eigenvalue weighted by molar-refractivity contribution is 7.80. The number of thiol groups is 1. The SMILES string of the molecule is NC(=O)CC(NC(=O)C(N)CC(=O)O)C(=O)NC(CS)C(=O)NC(Cc1cnc[nH]1)C(=O)O. The van der Waals surface area contributed by atoms with Crippen molar-refractivity contribution < 1.29 is 39.0 Å². The summed E-state index contributed by atoms with van der Waals surface area (Å²) >= 11 is 3.97. The van der Waals surface area contributed by atoms with E-state index in [0.717, 1.165) is 0 Å². The molecule has 1 heterocycles. The molecule has 0 radical (unpaired) electrons. The molecule has 1 rings (SSSR count). The Morgan fingerprint density at radius 1 is 0.970 bits per heavy atom. The van der Waals surface area contributed by atoms with Crippen LogP contribution in [-0.4, -0.2) is 85.7 Å². The van der Waals surface area contributed by atoms with Gasteiger partial charge in [0.25, 0.3) is 0 Å². The van der Waals surface area contributed by atoms with E-state index in [-0.39, 0.29) is 12.2 Å². The number of nitrogens with two attached hydrogens (primary N) is 2. The zero-order valence-electron chi connectivity index (χ0n) is 17.2. The predicted octanol–water partition coefficient (Wildman–Crippen LogP) is -3.90. The third kappa shape index (κ3) is 9.56. The van der Waals surface area contributed by atoms with Crippen molar-refractivity contribution in [2.75, 3.05) is 5.75 Å². The number of H-pyrrole nitrogens is 1. The van der Waals surface area contributed by atoms with Gasteiger partial charge in [-0.15, -0.1) is 0 Å². The number of rotatable bonds is 14. The fourth-order valence-corrected chi connectivity index (χ4v) is 2.78. The molecular weight excluding hydrogens is 462 g/mol. The number of aliphatic carboxylic acids is 2. The van der Waals surface area contributed by atoms with E-state index in [0.29, 0.717) is 5.69 Å². The minimum atomic E-state index is -1.56. The van der Waals surface area contributed by atoms with Crippen LogP contribution in [0.5, 0.6) is 0 Å². The van der Waals surface area contributed by atoms with Gasteiger partial charge in [0, 0.05) is 24.1 Å². The van der Waals surface area contributed by atoms with Crippen LogP contribution in [-0.2, 0) is 35.2 Å². The molecule has 0 spiro atoms. The molecule has 16 heteroatoms. The van der Waals surface area contributed by atoms with Crippen LogP contribution >= 0.6 is 12.6 Å². The quantitative estimate of drug-likeness (QED) is 0.115. The van der Waals surface area contributed by atoms with Gasteiger partial charge in [0.15, 0.2) is 0 Å². The highest BCUT2D eigenvalue weighted by Gasteiger charge is 2.31. The zero-order valence-corrected chi connectivity index (χ0v) is 18.1. The number of nitrogens with zero attached hydrogens (tertiary/aromatic N) is 1. The number of hydrogen-bond donors (Lipinski definition) is 9. The lowest BCUT2D eigenvalue weighted by molar-refractivity contribution is -0.142. The number of hydrogen-bond acceptors (Lipinski definition) is 9. The maximum Gasteiger partial charge on any atom is 0.326 e. The van der Waals surface area contributed by atoms with Crippen molar-refractivity contribution in [3.05, 3.63) is 18.2 Å². The molecule has 15 nitrogen and oxygen atoms in total. The molecule has 4 atom stereocenters. The van der Waals surface area contributed by atoms with E-state index in [2.05, 4.69) is 38.5 Å². The first-order valence-electron chi connectivity index (χ1n) is 9.42. The number of aromatic nitrogens is 2. The maximum atomic E-state index is 12.6. The average Bonchev–Trinajstić information content (AvgIpc) is 3.22. The highest BCUT2D eigenvalue weighted by atomic mass is 32.1. The van der Waals surface area contributed by atoms with Gasteiger partial charge in [-0.3, -0.25) is 24.0 Å². The molecule has 1 aromatic heterocycles. The number of amides is 4. The number of carboxylic acids is 2. The fraction of sp³-hybridized carbons (Fsp3) is 0.471. The number of nitrogens with one attached hydrogen (secondary N) is 4. The smallest absolute Gasteiger partial charge is 0.326 e. The van der Waals surface area contributed by atoms with Crippen molar-refractivity contribution in [3.63, 3.8) is 0 Å². The van der Waals surface area contributed by atoms with Crippen LogP contribution in [0.25, 0.3) is 0 Å². The maximum absolute atomic E-state index is 12.6. The second kappa shape index (κ2) is 13.0. The Kier molecular flexibility index (Phi) is 10.8. The number of carboxylic acid groups (broad SMARTS) is 2. The van der Waals surface area contributed by atoms with Crippen LogP contribution in [0.3, 0.4) is 0 Å². The fourth-order valence-electron chi connectivity index (χ4n) is 2.53. The summed E-state index contributed by atoms with van der Waals surface area (Å²) < 4.78 is 0. The molecule has 0 aromatic carbocycles. The standard InChI is InChI=1S/C17H25N7O8S/c18-8(2-13(26)27)14(28)22-9(3-12(19)25)15(29)24-11(5-33)16(30)23-10(17(31)32)1-7-4-20-6-21-7/h4,6,8-11,33H,1-3,5,18H2,(H2,19,25)(H,20,21)(H,22,28)(H,23,30)(H,24,29)(H,26,27)(H,31,32). The van der Waals surface area contributed by atoms with Crippen LogP contribution in [0.2, 0.25) is 0 Å². The van der Waals surface area contributed by atoms with Gasteiger partial charge in [0.05, 0.1) is 25.2 Å². The average molecular weight is 487 g/mol. The lowest BCUT2D eigenvalue weighted by Gasteiger charge is -2.23. The number of aromatic amines is 1. The van der Waals surface area contributed by atoms with Gasteiger partial charge in [-0.2, -0.15) is 12.6 Å². The van der Waals surface area contributed by atoms with Crippen molar-refractivity contribution in [2.24, 2.45) is 11.5 Å². The summed E-state index contributed by atoms with van der Waals surface area (Å²) in [5.41, 5.74) is 11.0. The lowest BCUT2D eigenvalue weighted by Crippen LogP contribution is -2.58. The van der Waals surface area contributed by atoms with E-state index in [9.17, 15) is 33.9 Å². The summed E-state index contributed by atoms with van der Waals surface area (Å²) in [6, 6.07) is -5.77. The summed E-state index contributed by atoms with van der Waals surface area (Å²) in [5.74, 6) is -6.87. The summed E-state index contributed by atoms with van der Waals surface area (Å²) in [4.78, 5) is 77.1. The van der Waals surface area contributed by atoms with E-state index in [4.69, 9.17) is 16.6 Å². The minimum absolute atomic E-state index is 0.115. The van der Waals surface area contributed by atoms with Crippen LogP contribution in [0.15, 0.2) is 12.5 Å². The predicted molar refractivity (Wildman–Crippen MR) is 114 cm³/mol. The molecule has 0 aliphatic rings. The van der Waals surface area contributed by atoms with Crippen LogP contribution in [0.1, 0.15) is 18.5 Å². The Morgan fingerprint density at radius 2 is 1.55 bits per heavy atom. The van der Waals surface area contributed by atoms with Gasteiger partial charge < -0.3 is 42.6 Å². The van der Waals surface area contributed by atoms with Crippen LogP contribution in [0, 0.1) is 0 Å². The molecule has 0 saturated heterocycles. The van der Waals surface area contributed by atoms with E-state index in [1.54, 1.807) is 0 Å². The number of imidazole rings is 1. The first-order chi connectivity index (χ1) is 15.4. The van der Waals surface area contributed by atoms with E-state index in [1.165, 1.54) is 12.5 Å². The molecule has 4 amide bonds. The van der Waals surface area contributed by atoms with Gasteiger partial charge >= 0.3 is 11.9 Å². The number of carbonyl (C=O) groups excluding carboxylic acids is 4. The number of primary amides is 1. The Labute approximate surface area is 192 Å². The summed E-state index contributed by atoms with van der Waals surface area (Å²) in [6.45, 7) is 0. The first kappa shape index (κ1) is 27.4. The molecule has 0 fully saturated rings. The van der Waals surface area contributed by atoms with Crippen LogP contribution in [0.4, 0.5) is 0 Å². The molecule has 10 N–H and O–H groups in total. The molecule has 4 unspecified atom stereocenters. The molecule has 0 saturated carbocycles. The van der Waals surface area contributed by atoms with Gasteiger partial charge in [0.2, 0.25) is 23.6 Å². The van der Waals surface area contributed by atoms with Gasteiger partial charge in [0.1, 0.15) is 18.1 Å². The molecule has 0 aliphatic heterocycles. The van der Waals surface area contributed by atoms with E-state index >= 15 is 0 Å². The third-order valence-corrected chi connectivity index (χ3v) is 4.54. The second-order valence-corrected chi connectivity index (χ2v) is 7.23. The van der Waals surface area contributed by atoms with Gasteiger partial charge in [-0.05, 0) is 0 Å². The summed E-state index contributed by atoms with van der Waals surface area (Å²) in [6.07, 6.45) is 1.20. The van der Waals surface area contributed by atoms with Gasteiger partial charge in [-0.25, -0.2) is 9.78 Å². The molecule has 0 aliphatic carbocycles. The van der Waals surface area contributed by atoms with E-state index < -0.39 is 72.6 Å². The van der Waals surface area contributed by atoms with Crippen molar-refractivity contribution in [3.8, 4) is 0 Å². The lowest BCUT2D eigenvalue weighted by atomic mass is 10.1. The van der Waals surface area contributed by atoms with Crippen molar-refractivity contribution >= 4 is 48.2 Å². The Balaban J connectivity index is 2.85. The molecule has 1 aromatic rings. The molecule has 0 bridgehead atoms. The summed E-state index contributed by atoms with van der Waals surface area (Å²) in [5, 5.41) is 24.7. The molecule has 182 valence electrons. The first-order valence-corrected chi connectivity index (χ1v) is 10.1. The number of carbonyl (C=O) groups is 6. The van der Waals surface area contributed by atoms with Gasteiger partial charge in [-0.1, -0.05) is 0 Å². The largest absolute Gasteiger partial charge is 0.481 e. The summed E-state index contributed by atoms with van der Waals surface area (Å²) in [7, 11) is 0. The normalized spacial score (nSPS) is 14.2. The highest BCUT2D eigenvalue weighted by Crippen LogP contribution is 2.02. The Hall–Kier alpha value is -3.66. The van der Waals surface area contributed by atoms with Crippen LogP contribution < -0.4 is 27.4 Å². The Morgan fingerprint density at radius 3 is 2.03 bits per heavy atom. The zero-order chi connectivity index (χ0) is 25.1. The Bertz CT molecular complexity index is 879. The van der Waals surface area contributed by atoms with Crippen molar-refractivity contribution in [2.45, 2.75) is 43.4 Å². The van der Waals surface area contributed by atoms with Crippen molar-refractivity contribution in [1.29, 1.82) is 0 Å². The van der Waals surface area contributed by atoms with E-state index in [1.807, 2.05) is 0 Å². The molecular formula is C17H25N7O8S. The third-order valence-electron chi connectivity index (χ3n) is 4.18. The van der Waals surface area contributed by atoms with Crippen molar-refractivity contribution in [1.82, 2.24) is 25.9 Å². The monoisotopic (exact) mass is 487 g/mol. The minimum Gasteiger partial charge on any atom is -0.481 e. The topological polar surface area (TPSA) is 260 Å². The second-order valence-electron chi connectivity index (χ2n) is 6.86. The molecule has 33 heavy (non-hydrogen) atoms.